The molecule has 2 aliphatic rings. The van der Waals surface area contributed by atoms with Crippen LogP contribution in [0.5, 0.6) is 5.75 Å². The lowest BCUT2D eigenvalue weighted by Gasteiger charge is -2.31. The summed E-state index contributed by atoms with van der Waals surface area (Å²) in [6, 6.07) is 6.55. The highest BCUT2D eigenvalue weighted by Gasteiger charge is 2.45. The van der Waals surface area contributed by atoms with E-state index in [-0.39, 0.29) is 31.8 Å². The number of aliphatic hydroxyl groups is 1. The number of rotatable bonds is 7. The van der Waals surface area contributed by atoms with Gasteiger partial charge in [0.05, 0.1) is 29.0 Å². The predicted molar refractivity (Wildman–Crippen MR) is 134 cm³/mol. The van der Waals surface area contributed by atoms with Crippen LogP contribution in [0, 0.1) is 0 Å². The summed E-state index contributed by atoms with van der Waals surface area (Å²) in [5.41, 5.74) is 7.86. The molecule has 0 fully saturated rings. The fraction of sp³-hybridized carbons (Fsp3) is 0.407. The molecule has 2 aromatic heterocycles. The second kappa shape index (κ2) is 9.28. The van der Waals surface area contributed by atoms with Crippen LogP contribution in [0.1, 0.15) is 49.4 Å². The van der Waals surface area contributed by atoms with Crippen molar-refractivity contribution in [3.8, 4) is 17.1 Å². The van der Waals surface area contributed by atoms with Crippen LogP contribution in [0.4, 0.5) is 0 Å². The zero-order chi connectivity index (χ0) is 26.5. The molecule has 0 amide bonds. The smallest absolute Gasteiger partial charge is 0.343 e. The summed E-state index contributed by atoms with van der Waals surface area (Å²) in [5.74, 6) is -0.627. The third-order valence-electron chi connectivity index (χ3n) is 7.10. The number of aromatic nitrogens is 2. The van der Waals surface area contributed by atoms with Gasteiger partial charge in [0.2, 0.25) is 0 Å². The van der Waals surface area contributed by atoms with E-state index in [1.807, 2.05) is 19.1 Å². The zero-order valence-corrected chi connectivity index (χ0v) is 21.0. The predicted octanol–water partition coefficient (Wildman–Crippen LogP) is 1.91. The Balaban J connectivity index is 1.53. The number of pyridine rings is 2. The molecule has 0 bridgehead atoms. The van der Waals surface area contributed by atoms with E-state index in [2.05, 4.69) is 0 Å². The van der Waals surface area contributed by atoms with Crippen molar-refractivity contribution >= 4 is 22.8 Å². The molecule has 0 aliphatic carbocycles. The SMILES string of the molecule is CCc1c2c(nc3ccc(OCCOC(=O)[C@H](C)N)cc13)-c1cc3c(c(=O)n1C2)COC(=O)[C@]3(O)CC. The van der Waals surface area contributed by atoms with E-state index in [9.17, 15) is 19.5 Å². The van der Waals surface area contributed by atoms with Gasteiger partial charge in [-0.2, -0.15) is 0 Å². The molecule has 10 nitrogen and oxygen atoms in total. The maximum absolute atomic E-state index is 13.4. The summed E-state index contributed by atoms with van der Waals surface area (Å²) in [7, 11) is 0. The summed E-state index contributed by atoms with van der Waals surface area (Å²) >= 11 is 0. The summed E-state index contributed by atoms with van der Waals surface area (Å²) in [6.45, 7) is 5.71. The highest BCUT2D eigenvalue weighted by molar-refractivity contribution is 5.90. The Morgan fingerprint density at radius 3 is 2.73 bits per heavy atom. The molecule has 0 spiro atoms. The van der Waals surface area contributed by atoms with E-state index in [0.717, 1.165) is 22.0 Å². The second-order valence-electron chi connectivity index (χ2n) is 9.36. The van der Waals surface area contributed by atoms with Crippen molar-refractivity contribution in [2.45, 2.75) is 58.4 Å². The van der Waals surface area contributed by atoms with Crippen molar-refractivity contribution in [3.05, 3.63) is 56.9 Å². The van der Waals surface area contributed by atoms with Gasteiger partial charge in [-0.25, -0.2) is 9.78 Å². The number of esters is 2. The number of carbonyl (C=O) groups is 2. The van der Waals surface area contributed by atoms with Gasteiger partial charge >= 0.3 is 11.9 Å². The Morgan fingerprint density at radius 2 is 2.03 bits per heavy atom. The molecule has 2 aliphatic heterocycles. The van der Waals surface area contributed by atoms with Crippen molar-refractivity contribution in [2.75, 3.05) is 13.2 Å². The van der Waals surface area contributed by atoms with Crippen LogP contribution in [0.25, 0.3) is 22.3 Å². The standard InChI is InChI=1S/C27H29N3O7/c1-4-16-17-10-15(35-8-9-36-25(32)14(3)28)6-7-21(17)29-23-18(16)12-30-22(23)11-20-19(24(30)31)13-37-26(33)27(20,34)5-2/h6-7,10-11,14,34H,4-5,8-9,12-13,28H2,1-3H3/t14-,27-/m0/s1. The molecular formula is C27H29N3O7. The molecule has 5 rings (SSSR count). The lowest BCUT2D eigenvalue weighted by molar-refractivity contribution is -0.172. The number of ether oxygens (including phenoxy) is 3. The van der Waals surface area contributed by atoms with Gasteiger partial charge in [-0.05, 0) is 49.6 Å². The number of nitrogens with two attached hydrogens (primary N) is 1. The van der Waals surface area contributed by atoms with Gasteiger partial charge in [0.25, 0.3) is 5.56 Å². The van der Waals surface area contributed by atoms with E-state index in [1.54, 1.807) is 30.5 Å². The van der Waals surface area contributed by atoms with E-state index in [0.29, 0.717) is 41.2 Å². The number of fused-ring (bicyclic) bond motifs is 5. The minimum absolute atomic E-state index is 0.0840. The fourth-order valence-corrected chi connectivity index (χ4v) is 5.07. The quantitative estimate of drug-likeness (QED) is 0.283. The molecule has 3 N–H and O–H groups in total. The first-order chi connectivity index (χ1) is 17.7. The molecule has 37 heavy (non-hydrogen) atoms. The lowest BCUT2D eigenvalue weighted by atomic mass is 9.86. The highest BCUT2D eigenvalue weighted by Crippen LogP contribution is 2.40. The molecule has 3 aromatic rings. The Kier molecular flexibility index (Phi) is 6.25. The average Bonchev–Trinajstić information content (AvgIpc) is 3.26. The van der Waals surface area contributed by atoms with Crippen molar-refractivity contribution in [3.63, 3.8) is 0 Å². The van der Waals surface area contributed by atoms with E-state index < -0.39 is 23.6 Å². The number of hydrogen-bond donors (Lipinski definition) is 2. The first-order valence-corrected chi connectivity index (χ1v) is 12.4. The van der Waals surface area contributed by atoms with Crippen molar-refractivity contribution in [1.82, 2.24) is 9.55 Å². The van der Waals surface area contributed by atoms with Crippen LogP contribution in [-0.2, 0) is 44.2 Å². The molecule has 0 saturated carbocycles. The highest BCUT2D eigenvalue weighted by atomic mass is 16.6. The molecule has 0 saturated heterocycles. The maximum atomic E-state index is 13.4. The van der Waals surface area contributed by atoms with Crippen LogP contribution in [0.3, 0.4) is 0 Å². The molecule has 2 atom stereocenters. The van der Waals surface area contributed by atoms with Gasteiger partial charge in [0, 0.05) is 16.5 Å². The van der Waals surface area contributed by atoms with Gasteiger partial charge in [-0.15, -0.1) is 0 Å². The maximum Gasteiger partial charge on any atom is 0.343 e. The Morgan fingerprint density at radius 1 is 1.24 bits per heavy atom. The van der Waals surface area contributed by atoms with E-state index in [1.165, 1.54) is 0 Å². The third-order valence-corrected chi connectivity index (χ3v) is 7.10. The minimum Gasteiger partial charge on any atom is -0.490 e. The van der Waals surface area contributed by atoms with Crippen molar-refractivity contribution in [1.29, 1.82) is 0 Å². The Bertz CT molecular complexity index is 1490. The monoisotopic (exact) mass is 507 g/mol. The van der Waals surface area contributed by atoms with Gasteiger partial charge in [0.1, 0.15) is 31.6 Å². The number of aryl methyl sites for hydroxylation is 1. The summed E-state index contributed by atoms with van der Waals surface area (Å²) in [6.07, 6.45) is 0.785. The minimum atomic E-state index is -1.86. The van der Waals surface area contributed by atoms with Gasteiger partial charge in [-0.3, -0.25) is 9.59 Å². The number of cyclic esters (lactones) is 1. The van der Waals surface area contributed by atoms with E-state index in [4.69, 9.17) is 24.9 Å². The van der Waals surface area contributed by atoms with E-state index >= 15 is 0 Å². The first-order valence-electron chi connectivity index (χ1n) is 12.4. The number of hydrogen-bond acceptors (Lipinski definition) is 9. The Labute approximate surface area is 213 Å². The van der Waals surface area contributed by atoms with Crippen LogP contribution < -0.4 is 16.0 Å². The first kappa shape index (κ1) is 24.9. The number of nitrogens with zero attached hydrogens (tertiary/aromatic N) is 2. The zero-order valence-electron chi connectivity index (χ0n) is 21.0. The summed E-state index contributed by atoms with van der Waals surface area (Å²) in [5, 5.41) is 12.0. The van der Waals surface area contributed by atoms with Crippen molar-refractivity contribution < 1.29 is 28.9 Å². The number of carbonyl (C=O) groups excluding carboxylic acids is 2. The van der Waals surface area contributed by atoms with Gasteiger partial charge in [-0.1, -0.05) is 13.8 Å². The normalized spacial score (nSPS) is 18.6. The fourth-order valence-electron chi connectivity index (χ4n) is 5.07. The Hall–Kier alpha value is -3.76. The molecule has 4 heterocycles. The summed E-state index contributed by atoms with van der Waals surface area (Å²) in [4.78, 5) is 42.2. The topological polar surface area (TPSA) is 143 Å². The molecule has 1 aromatic carbocycles. The van der Waals surface area contributed by atoms with Gasteiger partial charge < -0.3 is 29.6 Å². The van der Waals surface area contributed by atoms with Gasteiger partial charge in [0.15, 0.2) is 5.60 Å². The number of benzene rings is 1. The van der Waals surface area contributed by atoms with Crippen molar-refractivity contribution in [2.24, 2.45) is 5.73 Å². The molecule has 10 heteroatoms. The second-order valence-corrected chi connectivity index (χ2v) is 9.36. The molecule has 0 radical (unpaired) electrons. The van der Waals surface area contributed by atoms with Crippen LogP contribution in [-0.4, -0.2) is 45.9 Å². The average molecular weight is 508 g/mol. The summed E-state index contributed by atoms with van der Waals surface area (Å²) < 4.78 is 17.6. The largest absolute Gasteiger partial charge is 0.490 e. The van der Waals surface area contributed by atoms with Crippen LogP contribution in [0.2, 0.25) is 0 Å². The third kappa shape index (κ3) is 3.96. The lowest BCUT2D eigenvalue weighted by Crippen LogP contribution is -2.44. The molecule has 0 unspecified atom stereocenters. The van der Waals surface area contributed by atoms with Crippen LogP contribution in [0.15, 0.2) is 29.1 Å². The molecular weight excluding hydrogens is 478 g/mol. The molecule has 194 valence electrons. The van der Waals surface area contributed by atoms with Crippen LogP contribution >= 0.6 is 0 Å².